The van der Waals surface area contributed by atoms with Crippen molar-refractivity contribution in [2.45, 2.75) is 12.8 Å². The Kier molecular flexibility index (Phi) is 6.48. The Morgan fingerprint density at radius 2 is 1.67 bits per heavy atom. The van der Waals surface area contributed by atoms with Crippen LogP contribution in [-0.4, -0.2) is 28.2 Å². The Labute approximate surface area is 160 Å². The average molecular weight is 382 g/mol. The van der Waals surface area contributed by atoms with E-state index in [2.05, 4.69) is 20.4 Å². The largest absolute Gasteiger partial charge is 0.448 e. The SMILES string of the molecule is O=C(NNC(=O)c1snnc1-c1ccccc1)OCCCc1ccccc1. The molecule has 0 fully saturated rings. The van der Waals surface area contributed by atoms with Crippen LogP contribution in [0, 0.1) is 0 Å². The number of hydrogen-bond donors (Lipinski definition) is 2. The summed E-state index contributed by atoms with van der Waals surface area (Å²) in [5.74, 6) is -0.495. The molecule has 0 aliphatic rings. The number of hydrogen-bond acceptors (Lipinski definition) is 6. The highest BCUT2D eigenvalue weighted by Crippen LogP contribution is 2.23. The number of amides is 2. The Morgan fingerprint density at radius 1 is 0.963 bits per heavy atom. The summed E-state index contributed by atoms with van der Waals surface area (Å²) in [5.41, 5.74) is 6.99. The summed E-state index contributed by atoms with van der Waals surface area (Å²) in [4.78, 5) is 24.3. The molecular weight excluding hydrogens is 364 g/mol. The Bertz CT molecular complexity index is 884. The van der Waals surface area contributed by atoms with Gasteiger partial charge in [-0.25, -0.2) is 10.2 Å². The number of benzene rings is 2. The molecule has 2 aromatic carbocycles. The maximum absolute atomic E-state index is 12.3. The van der Waals surface area contributed by atoms with Crippen LogP contribution in [0.3, 0.4) is 0 Å². The molecule has 27 heavy (non-hydrogen) atoms. The molecule has 0 aliphatic heterocycles. The zero-order valence-corrected chi connectivity index (χ0v) is 15.2. The van der Waals surface area contributed by atoms with Crippen LogP contribution in [0.5, 0.6) is 0 Å². The predicted octanol–water partition coefficient (Wildman–Crippen LogP) is 3.21. The third kappa shape index (κ3) is 5.35. The van der Waals surface area contributed by atoms with Crippen molar-refractivity contribution >= 4 is 23.5 Å². The van der Waals surface area contributed by atoms with E-state index in [-0.39, 0.29) is 6.61 Å². The molecule has 2 amide bonds. The van der Waals surface area contributed by atoms with Crippen molar-refractivity contribution in [3.05, 3.63) is 71.1 Å². The van der Waals surface area contributed by atoms with Gasteiger partial charge in [0.15, 0.2) is 0 Å². The second kappa shape index (κ2) is 9.44. The van der Waals surface area contributed by atoms with E-state index in [0.29, 0.717) is 17.0 Å². The summed E-state index contributed by atoms with van der Waals surface area (Å²) in [6.07, 6.45) is 0.797. The van der Waals surface area contributed by atoms with Crippen molar-refractivity contribution in [3.8, 4) is 11.3 Å². The van der Waals surface area contributed by atoms with Crippen molar-refractivity contribution in [2.24, 2.45) is 0 Å². The van der Waals surface area contributed by atoms with Crippen LogP contribution in [-0.2, 0) is 11.2 Å². The molecule has 7 nitrogen and oxygen atoms in total. The molecule has 0 atom stereocenters. The topological polar surface area (TPSA) is 93.2 Å². The molecule has 0 saturated carbocycles. The highest BCUT2D eigenvalue weighted by atomic mass is 32.1. The van der Waals surface area contributed by atoms with Crippen LogP contribution < -0.4 is 10.9 Å². The van der Waals surface area contributed by atoms with Gasteiger partial charge in [-0.05, 0) is 29.9 Å². The molecule has 1 heterocycles. The number of aryl methyl sites for hydroxylation is 1. The number of hydrazine groups is 1. The van der Waals surface area contributed by atoms with Gasteiger partial charge >= 0.3 is 6.09 Å². The van der Waals surface area contributed by atoms with Gasteiger partial charge in [-0.1, -0.05) is 65.2 Å². The minimum Gasteiger partial charge on any atom is -0.448 e. The predicted molar refractivity (Wildman–Crippen MR) is 102 cm³/mol. The van der Waals surface area contributed by atoms with Crippen LogP contribution in [0.25, 0.3) is 11.3 Å². The fraction of sp³-hybridized carbons (Fsp3) is 0.158. The number of aromatic nitrogens is 2. The molecule has 8 heteroatoms. The Hall–Kier alpha value is -3.26. The first-order valence-corrected chi connectivity index (χ1v) is 9.16. The third-order valence-corrected chi connectivity index (χ3v) is 4.43. The lowest BCUT2D eigenvalue weighted by atomic mass is 10.1. The lowest BCUT2D eigenvalue weighted by molar-refractivity contribution is 0.0913. The van der Waals surface area contributed by atoms with E-state index in [1.54, 1.807) is 0 Å². The Balaban J connectivity index is 1.43. The fourth-order valence-electron chi connectivity index (χ4n) is 2.41. The summed E-state index contributed by atoms with van der Waals surface area (Å²) in [5, 5.41) is 3.99. The summed E-state index contributed by atoms with van der Waals surface area (Å²) in [6.45, 7) is 0.258. The van der Waals surface area contributed by atoms with Crippen molar-refractivity contribution in [1.82, 2.24) is 20.4 Å². The number of nitrogens with zero attached hydrogens (tertiary/aromatic N) is 2. The van der Waals surface area contributed by atoms with Gasteiger partial charge < -0.3 is 4.74 Å². The van der Waals surface area contributed by atoms with E-state index in [4.69, 9.17) is 4.74 Å². The molecule has 138 valence electrons. The quantitative estimate of drug-likeness (QED) is 0.504. The lowest BCUT2D eigenvalue weighted by Gasteiger charge is -2.08. The van der Waals surface area contributed by atoms with E-state index in [9.17, 15) is 9.59 Å². The summed E-state index contributed by atoms with van der Waals surface area (Å²) < 4.78 is 8.88. The zero-order valence-electron chi connectivity index (χ0n) is 14.4. The molecule has 0 unspecified atom stereocenters. The smallest absolute Gasteiger partial charge is 0.426 e. The number of nitrogens with one attached hydrogen (secondary N) is 2. The van der Waals surface area contributed by atoms with Crippen LogP contribution in [0.4, 0.5) is 4.79 Å². The van der Waals surface area contributed by atoms with E-state index in [1.165, 1.54) is 5.56 Å². The van der Waals surface area contributed by atoms with Gasteiger partial charge in [-0.3, -0.25) is 10.2 Å². The molecule has 0 spiro atoms. The van der Waals surface area contributed by atoms with Gasteiger partial charge in [0.1, 0.15) is 10.6 Å². The summed E-state index contributed by atoms with van der Waals surface area (Å²) in [6, 6.07) is 19.2. The van der Waals surface area contributed by atoms with E-state index >= 15 is 0 Å². The fourth-order valence-corrected chi connectivity index (χ4v) is 2.99. The number of carbonyl (C=O) groups is 2. The highest BCUT2D eigenvalue weighted by molar-refractivity contribution is 7.08. The van der Waals surface area contributed by atoms with E-state index < -0.39 is 12.0 Å². The van der Waals surface area contributed by atoms with Crippen LogP contribution in [0.2, 0.25) is 0 Å². The molecule has 0 aliphatic carbocycles. The van der Waals surface area contributed by atoms with Crippen molar-refractivity contribution < 1.29 is 14.3 Å². The van der Waals surface area contributed by atoms with Gasteiger partial charge in [0, 0.05) is 5.56 Å². The maximum atomic E-state index is 12.3. The maximum Gasteiger partial charge on any atom is 0.426 e. The second-order valence-electron chi connectivity index (χ2n) is 5.62. The number of ether oxygens (including phenoxy) is 1. The van der Waals surface area contributed by atoms with Gasteiger partial charge in [0.25, 0.3) is 5.91 Å². The summed E-state index contributed by atoms with van der Waals surface area (Å²) >= 11 is 0.958. The number of rotatable bonds is 6. The van der Waals surface area contributed by atoms with E-state index in [1.807, 2.05) is 60.7 Å². The van der Waals surface area contributed by atoms with Crippen molar-refractivity contribution in [3.63, 3.8) is 0 Å². The zero-order chi connectivity index (χ0) is 18.9. The molecule has 3 rings (SSSR count). The monoisotopic (exact) mass is 382 g/mol. The summed E-state index contributed by atoms with van der Waals surface area (Å²) in [7, 11) is 0. The highest BCUT2D eigenvalue weighted by Gasteiger charge is 2.18. The molecule has 0 saturated heterocycles. The first-order chi connectivity index (χ1) is 13.2. The first-order valence-electron chi connectivity index (χ1n) is 8.39. The second-order valence-corrected chi connectivity index (χ2v) is 6.38. The molecule has 1 aromatic heterocycles. The van der Waals surface area contributed by atoms with Crippen molar-refractivity contribution in [1.29, 1.82) is 0 Å². The van der Waals surface area contributed by atoms with Gasteiger partial charge in [0.05, 0.1) is 6.61 Å². The molecule has 2 N–H and O–H groups in total. The van der Waals surface area contributed by atoms with E-state index in [0.717, 1.165) is 23.5 Å². The molecule has 0 bridgehead atoms. The average Bonchev–Trinajstić information content (AvgIpc) is 3.21. The number of carbonyl (C=O) groups excluding carboxylic acids is 2. The first kappa shape index (κ1) is 18.5. The van der Waals surface area contributed by atoms with Crippen LogP contribution >= 0.6 is 11.5 Å². The van der Waals surface area contributed by atoms with Crippen molar-refractivity contribution in [2.75, 3.05) is 6.61 Å². The molecular formula is C19H18N4O3S. The standard InChI is InChI=1S/C19H18N4O3S/c24-18(17-16(20-23-27-17)15-11-5-2-6-12-15)21-22-19(25)26-13-7-10-14-8-3-1-4-9-14/h1-6,8-9,11-12H,7,10,13H2,(H,21,24)(H,22,25). The van der Waals surface area contributed by atoms with Gasteiger partial charge in [-0.2, -0.15) is 0 Å². The third-order valence-electron chi connectivity index (χ3n) is 3.71. The van der Waals surface area contributed by atoms with Crippen LogP contribution in [0.1, 0.15) is 21.7 Å². The molecule has 3 aromatic rings. The minimum absolute atomic E-state index is 0.258. The Morgan fingerprint density at radius 3 is 2.41 bits per heavy atom. The normalized spacial score (nSPS) is 10.2. The van der Waals surface area contributed by atoms with Gasteiger partial charge in [0.2, 0.25) is 0 Å². The lowest BCUT2D eigenvalue weighted by Crippen LogP contribution is -2.41. The molecule has 0 radical (unpaired) electrons. The van der Waals surface area contributed by atoms with Crippen LogP contribution in [0.15, 0.2) is 60.7 Å². The van der Waals surface area contributed by atoms with Gasteiger partial charge in [-0.15, -0.1) is 5.10 Å². The minimum atomic E-state index is -0.713.